The zero-order valence-electron chi connectivity index (χ0n) is 8.83. The van der Waals surface area contributed by atoms with E-state index >= 15 is 0 Å². The molecule has 2 heterocycles. The van der Waals surface area contributed by atoms with Gasteiger partial charge in [0, 0.05) is 19.4 Å². The molecule has 0 unspecified atom stereocenters. The summed E-state index contributed by atoms with van der Waals surface area (Å²) in [7, 11) is 1.83. The first-order valence-electron chi connectivity index (χ1n) is 4.82. The number of allylic oxidation sites excluding steroid dienone is 1. The fourth-order valence-corrected chi connectivity index (χ4v) is 1.36. The van der Waals surface area contributed by atoms with Gasteiger partial charge in [-0.2, -0.15) is 10.4 Å². The van der Waals surface area contributed by atoms with Gasteiger partial charge in [-0.3, -0.25) is 9.67 Å². The Labute approximate surface area is 93.5 Å². The van der Waals surface area contributed by atoms with Crippen molar-refractivity contribution < 1.29 is 0 Å². The predicted octanol–water partition coefficient (Wildman–Crippen LogP) is 1.88. The lowest BCUT2D eigenvalue weighted by atomic mass is 10.1. The standard InChI is InChI=1S/C12H10N4/c1-16-11(5-7-15-16)8-10(9-13)12-4-2-3-6-14-12/h2-8H,1H3/b10-8-. The van der Waals surface area contributed by atoms with Gasteiger partial charge < -0.3 is 0 Å². The smallest absolute Gasteiger partial charge is 0.101 e. The second kappa shape index (κ2) is 4.41. The largest absolute Gasteiger partial charge is 0.269 e. The van der Waals surface area contributed by atoms with Gasteiger partial charge in [-0.15, -0.1) is 0 Å². The van der Waals surface area contributed by atoms with Gasteiger partial charge in [0.15, 0.2) is 0 Å². The maximum atomic E-state index is 9.08. The van der Waals surface area contributed by atoms with E-state index in [-0.39, 0.29) is 0 Å². The Hall–Kier alpha value is -2.41. The van der Waals surface area contributed by atoms with Crippen LogP contribution >= 0.6 is 0 Å². The van der Waals surface area contributed by atoms with Crippen molar-refractivity contribution in [3.8, 4) is 6.07 Å². The van der Waals surface area contributed by atoms with Crippen LogP contribution in [0.1, 0.15) is 11.4 Å². The molecule has 0 amide bonds. The molecule has 4 heteroatoms. The maximum Gasteiger partial charge on any atom is 0.101 e. The molecule has 0 bridgehead atoms. The summed E-state index contributed by atoms with van der Waals surface area (Å²) in [5.74, 6) is 0. The summed E-state index contributed by atoms with van der Waals surface area (Å²) >= 11 is 0. The topological polar surface area (TPSA) is 54.5 Å². The van der Waals surface area contributed by atoms with Crippen molar-refractivity contribution in [3.05, 3.63) is 48.0 Å². The third-order valence-corrected chi connectivity index (χ3v) is 2.21. The molecule has 0 radical (unpaired) electrons. The van der Waals surface area contributed by atoms with Crippen LogP contribution in [0.5, 0.6) is 0 Å². The van der Waals surface area contributed by atoms with E-state index < -0.39 is 0 Å². The summed E-state index contributed by atoms with van der Waals surface area (Å²) in [6.45, 7) is 0. The van der Waals surface area contributed by atoms with E-state index in [9.17, 15) is 0 Å². The molecule has 0 N–H and O–H groups in total. The molecule has 0 aliphatic carbocycles. The van der Waals surface area contributed by atoms with Crippen molar-refractivity contribution in [2.75, 3.05) is 0 Å². The summed E-state index contributed by atoms with van der Waals surface area (Å²) in [6, 6.07) is 9.48. The van der Waals surface area contributed by atoms with Crippen molar-refractivity contribution in [2.24, 2.45) is 7.05 Å². The Morgan fingerprint density at radius 1 is 1.38 bits per heavy atom. The molecule has 0 spiro atoms. The fourth-order valence-electron chi connectivity index (χ4n) is 1.36. The van der Waals surface area contributed by atoms with Crippen LogP contribution in [0.15, 0.2) is 36.7 Å². The molecule has 0 fully saturated rings. The molecule has 0 aliphatic rings. The lowest BCUT2D eigenvalue weighted by molar-refractivity contribution is 0.760. The first-order chi connectivity index (χ1) is 7.81. The molecule has 0 atom stereocenters. The number of aromatic nitrogens is 3. The Morgan fingerprint density at radius 2 is 2.25 bits per heavy atom. The zero-order valence-corrected chi connectivity index (χ0v) is 8.83. The van der Waals surface area contributed by atoms with E-state index in [1.54, 1.807) is 23.2 Å². The first kappa shape index (κ1) is 10.1. The van der Waals surface area contributed by atoms with Crippen molar-refractivity contribution >= 4 is 11.6 Å². The number of nitrogens with zero attached hydrogens (tertiary/aromatic N) is 4. The predicted molar refractivity (Wildman–Crippen MR) is 60.9 cm³/mol. The highest BCUT2D eigenvalue weighted by atomic mass is 15.2. The van der Waals surface area contributed by atoms with E-state index in [0.717, 1.165) is 5.69 Å². The Balaban J connectivity index is 2.43. The number of hydrogen-bond acceptors (Lipinski definition) is 3. The maximum absolute atomic E-state index is 9.08. The normalized spacial score (nSPS) is 11.1. The minimum Gasteiger partial charge on any atom is -0.269 e. The minimum absolute atomic E-state index is 0.532. The van der Waals surface area contributed by atoms with Crippen LogP contribution < -0.4 is 0 Å². The molecule has 16 heavy (non-hydrogen) atoms. The third-order valence-electron chi connectivity index (χ3n) is 2.21. The fraction of sp³-hybridized carbons (Fsp3) is 0.0833. The van der Waals surface area contributed by atoms with Gasteiger partial charge in [-0.1, -0.05) is 6.07 Å². The van der Waals surface area contributed by atoms with Crippen molar-refractivity contribution in [2.45, 2.75) is 0 Å². The number of hydrogen-bond donors (Lipinski definition) is 0. The number of nitriles is 1. The molecule has 0 aliphatic heterocycles. The van der Waals surface area contributed by atoms with Crippen molar-refractivity contribution in [1.82, 2.24) is 14.8 Å². The van der Waals surface area contributed by atoms with Crippen molar-refractivity contribution in [3.63, 3.8) is 0 Å². The van der Waals surface area contributed by atoms with Crippen LogP contribution in [0, 0.1) is 11.3 Å². The summed E-state index contributed by atoms with van der Waals surface area (Å²) < 4.78 is 1.71. The second-order valence-electron chi connectivity index (χ2n) is 3.26. The first-order valence-corrected chi connectivity index (χ1v) is 4.82. The van der Waals surface area contributed by atoms with E-state index in [1.165, 1.54) is 0 Å². The van der Waals surface area contributed by atoms with Crippen LogP contribution in [0.2, 0.25) is 0 Å². The summed E-state index contributed by atoms with van der Waals surface area (Å²) in [6.07, 6.45) is 5.14. The van der Waals surface area contributed by atoms with E-state index in [1.807, 2.05) is 31.3 Å². The summed E-state index contributed by atoms with van der Waals surface area (Å²) in [4.78, 5) is 4.14. The minimum atomic E-state index is 0.532. The molecule has 2 aromatic rings. The molecule has 2 rings (SSSR count). The zero-order chi connectivity index (χ0) is 11.4. The molecule has 0 saturated carbocycles. The van der Waals surface area contributed by atoms with Gasteiger partial charge in [-0.05, 0) is 24.3 Å². The van der Waals surface area contributed by atoms with Gasteiger partial charge >= 0.3 is 0 Å². The van der Waals surface area contributed by atoms with Crippen LogP contribution in [0.4, 0.5) is 0 Å². The number of rotatable bonds is 2. The molecule has 4 nitrogen and oxygen atoms in total. The number of pyridine rings is 1. The average molecular weight is 210 g/mol. The van der Waals surface area contributed by atoms with E-state index in [2.05, 4.69) is 16.2 Å². The second-order valence-corrected chi connectivity index (χ2v) is 3.26. The quantitative estimate of drug-likeness (QED) is 0.711. The lowest BCUT2D eigenvalue weighted by Crippen LogP contribution is -1.93. The molecular formula is C12H10N4. The molecule has 0 aromatic carbocycles. The molecular weight excluding hydrogens is 200 g/mol. The van der Waals surface area contributed by atoms with E-state index in [0.29, 0.717) is 11.3 Å². The van der Waals surface area contributed by atoms with Gasteiger partial charge in [0.05, 0.1) is 17.0 Å². The molecule has 0 saturated heterocycles. The SMILES string of the molecule is Cn1nccc1/C=C(/C#N)c1ccccn1. The Kier molecular flexibility index (Phi) is 2.79. The van der Waals surface area contributed by atoms with Gasteiger partial charge in [0.25, 0.3) is 0 Å². The van der Waals surface area contributed by atoms with Gasteiger partial charge in [0.1, 0.15) is 6.07 Å². The highest BCUT2D eigenvalue weighted by molar-refractivity contribution is 5.87. The lowest BCUT2D eigenvalue weighted by Gasteiger charge is -1.98. The highest BCUT2D eigenvalue weighted by Crippen LogP contribution is 2.14. The highest BCUT2D eigenvalue weighted by Gasteiger charge is 2.03. The third kappa shape index (κ3) is 1.98. The van der Waals surface area contributed by atoms with Crippen LogP contribution in [0.3, 0.4) is 0 Å². The average Bonchev–Trinajstić information content (AvgIpc) is 2.73. The van der Waals surface area contributed by atoms with E-state index in [4.69, 9.17) is 5.26 Å². The Morgan fingerprint density at radius 3 is 2.81 bits per heavy atom. The van der Waals surface area contributed by atoms with Crippen LogP contribution in [-0.4, -0.2) is 14.8 Å². The molecule has 78 valence electrons. The van der Waals surface area contributed by atoms with Crippen LogP contribution in [0.25, 0.3) is 11.6 Å². The van der Waals surface area contributed by atoms with Gasteiger partial charge in [-0.25, -0.2) is 0 Å². The molecule has 2 aromatic heterocycles. The van der Waals surface area contributed by atoms with Crippen molar-refractivity contribution in [1.29, 1.82) is 5.26 Å². The number of aryl methyl sites for hydroxylation is 1. The van der Waals surface area contributed by atoms with Gasteiger partial charge in [0.2, 0.25) is 0 Å². The summed E-state index contributed by atoms with van der Waals surface area (Å²) in [5, 5.41) is 13.1. The summed E-state index contributed by atoms with van der Waals surface area (Å²) in [5.41, 5.74) is 2.08. The monoisotopic (exact) mass is 210 g/mol. The van der Waals surface area contributed by atoms with Crippen LogP contribution in [-0.2, 0) is 7.05 Å². The Bertz CT molecular complexity index is 546.